The molecule has 0 aliphatic carbocycles. The molecule has 0 aromatic heterocycles. The monoisotopic (exact) mass is 163 g/mol. The van der Waals surface area contributed by atoms with Crippen molar-refractivity contribution >= 4 is 6.29 Å². The first kappa shape index (κ1) is 8.08. The molecule has 1 aromatic rings. The van der Waals surface area contributed by atoms with Crippen LogP contribution in [-0.4, -0.2) is 11.4 Å². The topological polar surface area (TPSA) is 70.3 Å². The molecule has 60 valence electrons. The number of aromatic hydroxyl groups is 1. The number of carbonyl (C=O) groups excluding carboxylic acids is 1. The molecule has 0 fully saturated rings. The van der Waals surface area contributed by atoms with Crippen molar-refractivity contribution in [2.24, 2.45) is 0 Å². The maximum absolute atomic E-state index is 10.3. The molecule has 1 rings (SSSR count). The number of benzene rings is 1. The van der Waals surface area contributed by atoms with Gasteiger partial charge in [0.05, 0.1) is 5.56 Å². The van der Waals surface area contributed by atoms with E-state index < -0.39 is 0 Å². The Kier molecular flexibility index (Phi) is 2.29. The van der Waals surface area contributed by atoms with E-state index >= 15 is 0 Å². The average Bonchev–Trinajstić information content (AvgIpc) is 2.09. The molecule has 0 heterocycles. The molecule has 0 saturated carbocycles. The summed E-state index contributed by atoms with van der Waals surface area (Å²) in [5, 5.41) is 17.3. The van der Waals surface area contributed by atoms with Crippen molar-refractivity contribution in [3.05, 3.63) is 23.8 Å². The van der Waals surface area contributed by atoms with Crippen LogP contribution in [0.4, 0.5) is 0 Å². The Hall–Kier alpha value is -2.02. The first-order valence-electron chi connectivity index (χ1n) is 3.12. The molecule has 0 aliphatic rings. The average molecular weight is 163 g/mol. The van der Waals surface area contributed by atoms with E-state index in [9.17, 15) is 9.90 Å². The van der Waals surface area contributed by atoms with E-state index in [0.717, 1.165) is 0 Å². The predicted molar refractivity (Wildman–Crippen MR) is 39.7 cm³/mol. The van der Waals surface area contributed by atoms with Gasteiger partial charge in [0.2, 0.25) is 0 Å². The normalized spacial score (nSPS) is 8.58. The van der Waals surface area contributed by atoms with Crippen molar-refractivity contribution in [3.8, 4) is 17.8 Å². The maximum atomic E-state index is 10.3. The number of nitrogens with zero attached hydrogens (tertiary/aromatic N) is 1. The molecule has 0 amide bonds. The van der Waals surface area contributed by atoms with Gasteiger partial charge in [-0.05, 0) is 12.1 Å². The smallest absolute Gasteiger partial charge is 0.292 e. The fraction of sp³-hybridized carbons (Fsp3) is 0. The van der Waals surface area contributed by atoms with Gasteiger partial charge in [0.15, 0.2) is 17.8 Å². The standard InChI is InChI=1S/C8H5NO3/c9-5-12-7-3-1-2-6(4-10)8(7)11/h1-4,11H. The third kappa shape index (κ3) is 1.35. The largest absolute Gasteiger partial charge is 0.504 e. The second-order valence-electron chi connectivity index (χ2n) is 2.01. The number of hydrogen-bond acceptors (Lipinski definition) is 4. The summed E-state index contributed by atoms with van der Waals surface area (Å²) in [7, 11) is 0. The molecular formula is C8H5NO3. The summed E-state index contributed by atoms with van der Waals surface area (Å²) in [6.45, 7) is 0. The van der Waals surface area contributed by atoms with Crippen LogP contribution in [-0.2, 0) is 0 Å². The third-order valence-electron chi connectivity index (χ3n) is 1.31. The Morgan fingerprint density at radius 3 is 2.92 bits per heavy atom. The van der Waals surface area contributed by atoms with Gasteiger partial charge < -0.3 is 9.84 Å². The number of aldehydes is 1. The molecule has 0 bridgehead atoms. The zero-order chi connectivity index (χ0) is 8.97. The molecule has 0 unspecified atom stereocenters. The van der Waals surface area contributed by atoms with Crippen molar-refractivity contribution in [1.29, 1.82) is 5.26 Å². The number of hydrogen-bond donors (Lipinski definition) is 1. The molecule has 0 saturated heterocycles. The summed E-state index contributed by atoms with van der Waals surface area (Å²) in [6, 6.07) is 4.33. The fourth-order valence-electron chi connectivity index (χ4n) is 0.766. The van der Waals surface area contributed by atoms with Gasteiger partial charge in [0.25, 0.3) is 6.26 Å². The van der Waals surface area contributed by atoms with Gasteiger partial charge in [0.1, 0.15) is 0 Å². The Morgan fingerprint density at radius 1 is 1.58 bits per heavy atom. The van der Waals surface area contributed by atoms with E-state index in [1.807, 2.05) is 0 Å². The minimum absolute atomic E-state index is 0.0119. The van der Waals surface area contributed by atoms with Crippen molar-refractivity contribution in [2.75, 3.05) is 0 Å². The quantitative estimate of drug-likeness (QED) is 0.522. The highest BCUT2D eigenvalue weighted by molar-refractivity contribution is 5.80. The van der Waals surface area contributed by atoms with Crippen LogP contribution in [0.2, 0.25) is 0 Å². The zero-order valence-corrected chi connectivity index (χ0v) is 6.02. The van der Waals surface area contributed by atoms with E-state index in [4.69, 9.17) is 5.26 Å². The van der Waals surface area contributed by atoms with Gasteiger partial charge in [-0.2, -0.15) is 0 Å². The second-order valence-corrected chi connectivity index (χ2v) is 2.01. The van der Waals surface area contributed by atoms with Gasteiger partial charge in [-0.1, -0.05) is 6.07 Å². The maximum Gasteiger partial charge on any atom is 0.292 e. The predicted octanol–water partition coefficient (Wildman–Crippen LogP) is 1.06. The molecule has 12 heavy (non-hydrogen) atoms. The lowest BCUT2D eigenvalue weighted by Crippen LogP contribution is -1.86. The van der Waals surface area contributed by atoms with E-state index in [2.05, 4.69) is 4.74 Å². The molecule has 1 aromatic carbocycles. The van der Waals surface area contributed by atoms with Crippen LogP contribution in [0, 0.1) is 11.5 Å². The number of carbonyl (C=O) groups is 1. The summed E-state index contributed by atoms with van der Waals surface area (Å²) in [4.78, 5) is 10.3. The highest BCUT2D eigenvalue weighted by Crippen LogP contribution is 2.27. The molecule has 0 spiro atoms. The van der Waals surface area contributed by atoms with E-state index in [1.165, 1.54) is 24.5 Å². The van der Waals surface area contributed by atoms with Gasteiger partial charge in [-0.15, -0.1) is 5.26 Å². The van der Waals surface area contributed by atoms with Gasteiger partial charge in [0, 0.05) is 0 Å². The Labute approximate surface area is 68.6 Å². The number of para-hydroxylation sites is 1. The van der Waals surface area contributed by atoms with Crippen molar-refractivity contribution in [2.45, 2.75) is 0 Å². The summed E-state index contributed by atoms with van der Waals surface area (Å²) < 4.78 is 4.38. The Balaban J connectivity index is 3.15. The highest BCUT2D eigenvalue weighted by Gasteiger charge is 2.06. The van der Waals surface area contributed by atoms with Crippen LogP contribution < -0.4 is 4.74 Å². The summed E-state index contributed by atoms with van der Waals surface area (Å²) in [6.07, 6.45) is 1.89. The van der Waals surface area contributed by atoms with Crippen LogP contribution >= 0.6 is 0 Å². The van der Waals surface area contributed by atoms with Crippen molar-refractivity contribution in [1.82, 2.24) is 0 Å². The number of phenols is 1. The van der Waals surface area contributed by atoms with E-state index in [0.29, 0.717) is 6.29 Å². The van der Waals surface area contributed by atoms with Gasteiger partial charge in [-0.25, -0.2) is 0 Å². The molecule has 4 nitrogen and oxygen atoms in total. The molecular weight excluding hydrogens is 158 g/mol. The Morgan fingerprint density at radius 2 is 2.33 bits per heavy atom. The van der Waals surface area contributed by atoms with Gasteiger partial charge in [-0.3, -0.25) is 4.79 Å². The first-order chi connectivity index (χ1) is 5.79. The Bertz CT molecular complexity index is 341. The van der Waals surface area contributed by atoms with E-state index in [1.54, 1.807) is 0 Å². The van der Waals surface area contributed by atoms with Crippen LogP contribution in [0.25, 0.3) is 0 Å². The SMILES string of the molecule is N#COc1cccc(C=O)c1O. The van der Waals surface area contributed by atoms with Crippen LogP contribution in [0.15, 0.2) is 18.2 Å². The summed E-state index contributed by atoms with van der Waals surface area (Å²) >= 11 is 0. The minimum Gasteiger partial charge on any atom is -0.504 e. The van der Waals surface area contributed by atoms with Crippen molar-refractivity contribution < 1.29 is 14.6 Å². The molecule has 0 aliphatic heterocycles. The van der Waals surface area contributed by atoms with Gasteiger partial charge >= 0.3 is 0 Å². The lowest BCUT2D eigenvalue weighted by molar-refractivity contribution is 0.112. The molecule has 0 atom stereocenters. The minimum atomic E-state index is -0.311. The number of phenolic OH excluding ortho intramolecular Hbond substituents is 1. The third-order valence-corrected chi connectivity index (χ3v) is 1.31. The van der Waals surface area contributed by atoms with E-state index in [-0.39, 0.29) is 17.1 Å². The van der Waals surface area contributed by atoms with Crippen LogP contribution in [0.5, 0.6) is 11.5 Å². The molecule has 4 heteroatoms. The number of rotatable bonds is 2. The number of ether oxygens (including phenoxy) is 1. The summed E-state index contributed by atoms with van der Waals surface area (Å²) in [5.74, 6) is -0.323. The molecule has 1 N–H and O–H groups in total. The van der Waals surface area contributed by atoms with Crippen LogP contribution in [0.3, 0.4) is 0 Å². The second kappa shape index (κ2) is 3.39. The highest BCUT2D eigenvalue weighted by atomic mass is 16.5. The van der Waals surface area contributed by atoms with Crippen molar-refractivity contribution in [3.63, 3.8) is 0 Å². The number of nitriles is 1. The molecule has 0 radical (unpaired) electrons. The zero-order valence-electron chi connectivity index (χ0n) is 6.02. The fourth-order valence-corrected chi connectivity index (χ4v) is 0.766. The first-order valence-corrected chi connectivity index (χ1v) is 3.12. The van der Waals surface area contributed by atoms with Crippen LogP contribution in [0.1, 0.15) is 10.4 Å². The lowest BCUT2D eigenvalue weighted by Gasteiger charge is -2.00. The summed E-state index contributed by atoms with van der Waals surface area (Å²) in [5.41, 5.74) is 0.0998. The lowest BCUT2D eigenvalue weighted by atomic mass is 10.2.